The number of rotatable bonds is 4. The lowest BCUT2D eigenvalue weighted by molar-refractivity contribution is -0.141. The first-order valence-electron chi connectivity index (χ1n) is 6.52. The minimum atomic E-state index is -0.521. The Kier molecular flexibility index (Phi) is 3.83. The summed E-state index contributed by atoms with van der Waals surface area (Å²) in [6.07, 6.45) is 2.13. The first kappa shape index (κ1) is 14.3. The lowest BCUT2D eigenvalue weighted by Gasteiger charge is -2.11. The minimum Gasteiger partial charge on any atom is -0.473 e. The zero-order valence-corrected chi connectivity index (χ0v) is 13.5. The van der Waals surface area contributed by atoms with E-state index in [4.69, 9.17) is 4.74 Å². The monoisotopic (exact) mass is 400 g/mol. The first-order chi connectivity index (χ1) is 10.1. The topological polar surface area (TPSA) is 70.4 Å². The molecule has 0 unspecified atom stereocenters. The van der Waals surface area contributed by atoms with Crippen LogP contribution in [0.4, 0.5) is 0 Å². The molecule has 3 rings (SSSR count). The molecule has 0 atom stereocenters. The number of hydrogen-bond donors (Lipinski definition) is 0. The van der Waals surface area contributed by atoms with Gasteiger partial charge in [-0.15, -0.1) is 5.10 Å². The van der Waals surface area contributed by atoms with Gasteiger partial charge in [-0.1, -0.05) is 0 Å². The predicted octanol–water partition coefficient (Wildman–Crippen LogP) is 1.72. The fourth-order valence-corrected chi connectivity index (χ4v) is 2.44. The molecule has 21 heavy (non-hydrogen) atoms. The van der Waals surface area contributed by atoms with Crippen LogP contribution in [-0.4, -0.2) is 29.0 Å². The number of ether oxygens (including phenoxy) is 2. The smallest absolute Gasteiger partial charge is 0.327 e. The molecule has 0 radical (unpaired) electrons. The van der Waals surface area contributed by atoms with E-state index in [1.54, 1.807) is 6.07 Å². The molecule has 0 amide bonds. The lowest BCUT2D eigenvalue weighted by atomic mass is 10.2. The Labute approximate surface area is 134 Å². The molecule has 0 aliphatic heterocycles. The predicted molar refractivity (Wildman–Crippen MR) is 84.4 cm³/mol. The van der Waals surface area contributed by atoms with Gasteiger partial charge in [-0.2, -0.15) is 0 Å². The minimum absolute atomic E-state index is 0.155. The fraction of sp³-hybridized carbons (Fsp3) is 0.357. The van der Waals surface area contributed by atoms with Crippen molar-refractivity contribution in [1.82, 2.24) is 9.78 Å². The molecular weight excluding hydrogens is 387 g/mol. The summed E-state index contributed by atoms with van der Waals surface area (Å²) < 4.78 is 12.5. The van der Waals surface area contributed by atoms with Crippen molar-refractivity contribution in [3.63, 3.8) is 0 Å². The zero-order chi connectivity index (χ0) is 15.0. The van der Waals surface area contributed by atoms with Gasteiger partial charge in [0.2, 0.25) is 5.88 Å². The van der Waals surface area contributed by atoms with E-state index in [2.05, 4.69) is 32.4 Å². The van der Waals surface area contributed by atoms with Crippen LogP contribution in [0.15, 0.2) is 23.0 Å². The summed E-state index contributed by atoms with van der Waals surface area (Å²) in [4.78, 5) is 23.8. The van der Waals surface area contributed by atoms with Gasteiger partial charge in [-0.05, 0) is 53.6 Å². The van der Waals surface area contributed by atoms with E-state index in [1.807, 2.05) is 12.1 Å². The van der Waals surface area contributed by atoms with Crippen molar-refractivity contribution < 1.29 is 14.3 Å². The average molecular weight is 400 g/mol. The van der Waals surface area contributed by atoms with Crippen molar-refractivity contribution in [2.24, 2.45) is 0 Å². The summed E-state index contributed by atoms with van der Waals surface area (Å²) in [6.45, 7) is -0.224. The summed E-state index contributed by atoms with van der Waals surface area (Å²) in [5.74, 6) is -0.124. The molecule has 1 heterocycles. The Morgan fingerprint density at radius 1 is 1.43 bits per heavy atom. The number of hydrogen-bond acceptors (Lipinski definition) is 5. The van der Waals surface area contributed by atoms with Crippen LogP contribution in [0.5, 0.6) is 5.88 Å². The molecule has 1 aromatic carbocycles. The van der Waals surface area contributed by atoms with Crippen LogP contribution in [0.25, 0.3) is 10.8 Å². The SMILES string of the molecule is COC(=O)Cn1nc(OC2CC2)c2cc(I)ccc2c1=O. The van der Waals surface area contributed by atoms with Crippen LogP contribution in [0, 0.1) is 3.57 Å². The van der Waals surface area contributed by atoms with Crippen LogP contribution in [-0.2, 0) is 16.1 Å². The Hall–Kier alpha value is -1.64. The van der Waals surface area contributed by atoms with Crippen molar-refractivity contribution in [3.8, 4) is 5.88 Å². The Morgan fingerprint density at radius 2 is 2.19 bits per heavy atom. The second-order valence-corrected chi connectivity index (χ2v) is 6.10. The number of benzene rings is 1. The Morgan fingerprint density at radius 3 is 2.86 bits per heavy atom. The molecule has 2 aromatic rings. The quantitative estimate of drug-likeness (QED) is 0.578. The summed E-state index contributed by atoms with van der Waals surface area (Å²) in [7, 11) is 1.28. The molecule has 7 heteroatoms. The molecule has 0 bridgehead atoms. The molecule has 1 aliphatic carbocycles. The van der Waals surface area contributed by atoms with Crippen molar-refractivity contribution in [2.75, 3.05) is 7.11 Å². The Balaban J connectivity index is 2.15. The summed E-state index contributed by atoms with van der Waals surface area (Å²) in [5, 5.41) is 5.36. The molecule has 1 saturated carbocycles. The van der Waals surface area contributed by atoms with Gasteiger partial charge < -0.3 is 9.47 Å². The largest absolute Gasteiger partial charge is 0.473 e. The number of halogens is 1. The molecule has 0 N–H and O–H groups in total. The van der Waals surface area contributed by atoms with E-state index in [-0.39, 0.29) is 18.2 Å². The van der Waals surface area contributed by atoms with E-state index in [0.717, 1.165) is 21.1 Å². The van der Waals surface area contributed by atoms with Gasteiger partial charge in [0.1, 0.15) is 12.6 Å². The van der Waals surface area contributed by atoms with Crippen LogP contribution < -0.4 is 10.3 Å². The number of methoxy groups -OCH3 is 1. The van der Waals surface area contributed by atoms with Crippen LogP contribution in [0.1, 0.15) is 12.8 Å². The van der Waals surface area contributed by atoms with Crippen molar-refractivity contribution in [2.45, 2.75) is 25.5 Å². The highest BCUT2D eigenvalue weighted by atomic mass is 127. The van der Waals surface area contributed by atoms with Crippen molar-refractivity contribution in [1.29, 1.82) is 0 Å². The van der Waals surface area contributed by atoms with Crippen LogP contribution in [0.3, 0.4) is 0 Å². The van der Waals surface area contributed by atoms with Gasteiger partial charge in [0.05, 0.1) is 17.9 Å². The van der Waals surface area contributed by atoms with Gasteiger partial charge in [0.15, 0.2) is 0 Å². The maximum absolute atomic E-state index is 12.4. The highest BCUT2D eigenvalue weighted by molar-refractivity contribution is 14.1. The second kappa shape index (κ2) is 5.63. The van der Waals surface area contributed by atoms with E-state index >= 15 is 0 Å². The molecular formula is C14H13IN2O4. The number of nitrogens with zero attached hydrogens (tertiary/aromatic N) is 2. The number of aromatic nitrogens is 2. The van der Waals surface area contributed by atoms with E-state index in [0.29, 0.717) is 16.7 Å². The third-order valence-corrected chi connectivity index (χ3v) is 3.87. The third kappa shape index (κ3) is 3.02. The molecule has 110 valence electrons. The first-order valence-corrected chi connectivity index (χ1v) is 7.60. The number of carbonyl (C=O) groups is 1. The van der Waals surface area contributed by atoms with Gasteiger partial charge in [-0.25, -0.2) is 4.68 Å². The summed E-state index contributed by atoms with van der Waals surface area (Å²) in [6, 6.07) is 5.44. The summed E-state index contributed by atoms with van der Waals surface area (Å²) >= 11 is 2.17. The molecule has 0 saturated heterocycles. The third-order valence-electron chi connectivity index (χ3n) is 3.20. The molecule has 6 nitrogen and oxygen atoms in total. The normalized spacial score (nSPS) is 14.2. The molecule has 1 aliphatic rings. The van der Waals surface area contributed by atoms with Gasteiger partial charge in [-0.3, -0.25) is 9.59 Å². The molecule has 0 spiro atoms. The van der Waals surface area contributed by atoms with E-state index in [9.17, 15) is 9.59 Å². The van der Waals surface area contributed by atoms with E-state index in [1.165, 1.54) is 7.11 Å². The highest BCUT2D eigenvalue weighted by Crippen LogP contribution is 2.30. The maximum Gasteiger partial charge on any atom is 0.327 e. The van der Waals surface area contributed by atoms with Crippen LogP contribution >= 0.6 is 22.6 Å². The fourth-order valence-electron chi connectivity index (χ4n) is 1.95. The number of esters is 1. The van der Waals surface area contributed by atoms with Gasteiger partial charge >= 0.3 is 5.97 Å². The van der Waals surface area contributed by atoms with Crippen LogP contribution in [0.2, 0.25) is 0 Å². The molecule has 1 fully saturated rings. The molecule has 1 aromatic heterocycles. The number of carbonyl (C=O) groups excluding carboxylic acids is 1. The average Bonchev–Trinajstić information content (AvgIpc) is 3.27. The lowest BCUT2D eigenvalue weighted by Crippen LogP contribution is -2.28. The summed E-state index contributed by atoms with van der Waals surface area (Å²) in [5.41, 5.74) is -0.324. The highest BCUT2D eigenvalue weighted by Gasteiger charge is 2.26. The van der Waals surface area contributed by atoms with Gasteiger partial charge in [0, 0.05) is 3.57 Å². The van der Waals surface area contributed by atoms with E-state index < -0.39 is 5.97 Å². The standard InChI is InChI=1S/C14H13IN2O4/c1-20-12(18)7-17-14(19)10-5-2-8(15)6-11(10)13(16-17)21-9-3-4-9/h2,5-6,9H,3-4,7H2,1H3. The second-order valence-electron chi connectivity index (χ2n) is 4.85. The zero-order valence-electron chi connectivity index (χ0n) is 11.3. The van der Waals surface area contributed by atoms with Crippen molar-refractivity contribution in [3.05, 3.63) is 32.1 Å². The van der Waals surface area contributed by atoms with Crippen molar-refractivity contribution >= 4 is 39.3 Å². The van der Waals surface area contributed by atoms with Gasteiger partial charge in [0.25, 0.3) is 5.56 Å². The number of fused-ring (bicyclic) bond motifs is 1. The maximum atomic E-state index is 12.4. The Bertz CT molecular complexity index is 767.